The number of non-ortho nitro benzene ring substituents is 1. The smallest absolute Gasteiger partial charge is 0.387 e. The number of anilines is 1. The maximum atomic E-state index is 12.7. The van der Waals surface area contributed by atoms with E-state index in [1.165, 1.54) is 18.5 Å². The molecule has 8 nitrogen and oxygen atoms in total. The van der Waals surface area contributed by atoms with Crippen LogP contribution in [0.25, 0.3) is 0 Å². The third-order valence-corrected chi connectivity index (χ3v) is 4.14. The molecule has 1 aliphatic rings. The van der Waals surface area contributed by atoms with Gasteiger partial charge in [0, 0.05) is 25.7 Å². The first kappa shape index (κ1) is 17.1. The van der Waals surface area contributed by atoms with Crippen molar-refractivity contribution in [3.05, 3.63) is 41.0 Å². The van der Waals surface area contributed by atoms with E-state index in [-0.39, 0.29) is 17.4 Å². The van der Waals surface area contributed by atoms with E-state index in [4.69, 9.17) is 0 Å². The Kier molecular flexibility index (Phi) is 5.05. The third kappa shape index (κ3) is 4.20. The van der Waals surface area contributed by atoms with Gasteiger partial charge in [-0.15, -0.1) is 0 Å². The first-order valence-electron chi connectivity index (χ1n) is 7.83. The molecule has 2 aromatic rings. The molecule has 10 heteroatoms. The van der Waals surface area contributed by atoms with E-state index in [1.54, 1.807) is 11.0 Å². The molecule has 0 spiro atoms. The Morgan fingerprint density at radius 1 is 1.44 bits per heavy atom. The van der Waals surface area contributed by atoms with E-state index in [1.807, 2.05) is 4.90 Å². The molecule has 1 aromatic heterocycles. The van der Waals surface area contributed by atoms with Gasteiger partial charge in [0.25, 0.3) is 5.69 Å². The highest BCUT2D eigenvalue weighted by molar-refractivity contribution is 5.62. The minimum Gasteiger partial charge on any atom is -0.432 e. The fourth-order valence-corrected chi connectivity index (χ4v) is 3.09. The molecule has 0 N–H and O–H groups in total. The Morgan fingerprint density at radius 2 is 2.28 bits per heavy atom. The summed E-state index contributed by atoms with van der Waals surface area (Å²) in [5.74, 6) is 0.0932. The quantitative estimate of drug-likeness (QED) is 0.586. The minimum atomic E-state index is -3.04. The summed E-state index contributed by atoms with van der Waals surface area (Å²) in [6, 6.07) is 3.81. The molecule has 1 saturated heterocycles. The summed E-state index contributed by atoms with van der Waals surface area (Å²) in [6.45, 7) is -1.08. The number of piperidine rings is 1. The van der Waals surface area contributed by atoms with Gasteiger partial charge >= 0.3 is 6.61 Å². The van der Waals surface area contributed by atoms with Crippen LogP contribution in [-0.2, 0) is 6.54 Å². The standard InChI is InChI=1S/C15H17F2N5O3/c16-15(17)25-14-6-12(22(23)24)3-4-13(14)20-5-1-2-11(7-20)8-21-10-18-9-19-21/h3-4,6,9-11,15H,1-2,5,7-8H2. The van der Waals surface area contributed by atoms with Crippen molar-refractivity contribution in [2.45, 2.75) is 26.0 Å². The second-order valence-electron chi connectivity index (χ2n) is 5.86. The van der Waals surface area contributed by atoms with Crippen LogP contribution in [0.4, 0.5) is 20.2 Å². The third-order valence-electron chi connectivity index (χ3n) is 4.14. The summed E-state index contributed by atoms with van der Waals surface area (Å²) >= 11 is 0. The minimum absolute atomic E-state index is 0.175. The highest BCUT2D eigenvalue weighted by atomic mass is 19.3. The van der Waals surface area contributed by atoms with Crippen LogP contribution in [0, 0.1) is 16.0 Å². The monoisotopic (exact) mass is 353 g/mol. The molecule has 3 rings (SSSR count). The molecule has 1 fully saturated rings. The lowest BCUT2D eigenvalue weighted by molar-refractivity contribution is -0.385. The number of halogens is 2. The van der Waals surface area contributed by atoms with Gasteiger partial charge in [-0.25, -0.2) is 4.98 Å². The number of rotatable bonds is 6. The maximum Gasteiger partial charge on any atom is 0.387 e. The summed E-state index contributed by atoms with van der Waals surface area (Å²) in [7, 11) is 0. The van der Waals surface area contributed by atoms with E-state index in [0.717, 1.165) is 18.9 Å². The fourth-order valence-electron chi connectivity index (χ4n) is 3.09. The Morgan fingerprint density at radius 3 is 2.96 bits per heavy atom. The van der Waals surface area contributed by atoms with E-state index in [2.05, 4.69) is 14.8 Å². The number of nitro groups is 1. The lowest BCUT2D eigenvalue weighted by Gasteiger charge is -2.35. The van der Waals surface area contributed by atoms with Crippen molar-refractivity contribution in [2.75, 3.05) is 18.0 Å². The molecule has 1 aromatic carbocycles. The summed E-state index contributed by atoms with van der Waals surface area (Å²) in [5, 5.41) is 15.0. The number of nitro benzene ring substituents is 1. The molecule has 1 unspecified atom stereocenters. The van der Waals surface area contributed by atoms with Crippen molar-refractivity contribution < 1.29 is 18.4 Å². The first-order chi connectivity index (χ1) is 12.0. The van der Waals surface area contributed by atoms with Gasteiger partial charge in [0.05, 0.1) is 16.7 Å². The molecule has 1 aliphatic heterocycles. The van der Waals surface area contributed by atoms with Gasteiger partial charge in [0.1, 0.15) is 12.7 Å². The lowest BCUT2D eigenvalue weighted by Crippen LogP contribution is -2.37. The zero-order valence-electron chi connectivity index (χ0n) is 13.3. The molecule has 134 valence electrons. The van der Waals surface area contributed by atoms with Gasteiger partial charge in [-0.3, -0.25) is 14.8 Å². The van der Waals surface area contributed by atoms with Gasteiger partial charge in [-0.1, -0.05) is 0 Å². The normalized spacial score (nSPS) is 17.7. The Labute approximate surface area is 142 Å². The van der Waals surface area contributed by atoms with Gasteiger partial charge in [0.2, 0.25) is 0 Å². The number of nitrogens with zero attached hydrogens (tertiary/aromatic N) is 5. The molecule has 0 saturated carbocycles. The molecular formula is C15H17F2N5O3. The zero-order chi connectivity index (χ0) is 17.8. The van der Waals surface area contributed by atoms with Gasteiger partial charge in [0.15, 0.2) is 5.75 Å². The lowest BCUT2D eigenvalue weighted by atomic mass is 9.97. The second-order valence-corrected chi connectivity index (χ2v) is 5.86. The van der Waals surface area contributed by atoms with Gasteiger partial charge in [-0.2, -0.15) is 13.9 Å². The molecule has 0 amide bonds. The highest BCUT2D eigenvalue weighted by Gasteiger charge is 2.25. The zero-order valence-corrected chi connectivity index (χ0v) is 13.3. The van der Waals surface area contributed by atoms with Crippen LogP contribution < -0.4 is 9.64 Å². The van der Waals surface area contributed by atoms with Gasteiger partial charge < -0.3 is 9.64 Å². The van der Waals surface area contributed by atoms with Crippen molar-refractivity contribution in [3.63, 3.8) is 0 Å². The molecule has 0 aliphatic carbocycles. The predicted octanol–water partition coefficient (Wildman–Crippen LogP) is 2.70. The highest BCUT2D eigenvalue weighted by Crippen LogP contribution is 2.35. The summed E-state index contributed by atoms with van der Waals surface area (Å²) in [4.78, 5) is 16.1. The van der Waals surface area contributed by atoms with E-state index in [9.17, 15) is 18.9 Å². The molecule has 2 heterocycles. The van der Waals surface area contributed by atoms with Crippen LogP contribution in [0.3, 0.4) is 0 Å². The van der Waals surface area contributed by atoms with E-state index >= 15 is 0 Å². The summed E-state index contributed by atoms with van der Waals surface area (Å²) in [5.41, 5.74) is 0.157. The van der Waals surface area contributed by atoms with Crippen LogP contribution in [0.15, 0.2) is 30.9 Å². The SMILES string of the molecule is O=[N+]([O-])c1ccc(N2CCCC(Cn3cncn3)C2)c(OC(F)F)c1. The Balaban J connectivity index is 1.80. The summed E-state index contributed by atoms with van der Waals surface area (Å²) < 4.78 is 31.7. The fraction of sp³-hybridized carbons (Fsp3) is 0.467. The number of hydrogen-bond donors (Lipinski definition) is 0. The number of aromatic nitrogens is 3. The van der Waals surface area contributed by atoms with Crippen LogP contribution >= 0.6 is 0 Å². The van der Waals surface area contributed by atoms with Crippen LogP contribution in [0.5, 0.6) is 5.75 Å². The van der Waals surface area contributed by atoms with Crippen LogP contribution in [0.2, 0.25) is 0 Å². The van der Waals surface area contributed by atoms with Crippen molar-refractivity contribution in [2.24, 2.45) is 5.92 Å². The first-order valence-corrected chi connectivity index (χ1v) is 7.83. The maximum absolute atomic E-state index is 12.7. The van der Waals surface area contributed by atoms with Crippen molar-refractivity contribution >= 4 is 11.4 Å². The number of alkyl halides is 2. The van der Waals surface area contributed by atoms with Crippen LogP contribution in [-0.4, -0.2) is 39.4 Å². The molecule has 0 radical (unpaired) electrons. The molecule has 25 heavy (non-hydrogen) atoms. The predicted molar refractivity (Wildman–Crippen MR) is 84.7 cm³/mol. The number of hydrogen-bond acceptors (Lipinski definition) is 6. The number of benzene rings is 1. The van der Waals surface area contributed by atoms with Gasteiger partial charge in [-0.05, 0) is 24.8 Å². The average Bonchev–Trinajstić information content (AvgIpc) is 3.07. The van der Waals surface area contributed by atoms with Crippen molar-refractivity contribution in [1.82, 2.24) is 14.8 Å². The second kappa shape index (κ2) is 7.41. The molecule has 0 bridgehead atoms. The number of ether oxygens (including phenoxy) is 1. The Hall–Kier alpha value is -2.78. The van der Waals surface area contributed by atoms with Crippen LogP contribution in [0.1, 0.15) is 12.8 Å². The Bertz CT molecular complexity index is 726. The van der Waals surface area contributed by atoms with E-state index in [0.29, 0.717) is 25.3 Å². The topological polar surface area (TPSA) is 86.3 Å². The average molecular weight is 353 g/mol. The van der Waals surface area contributed by atoms with E-state index < -0.39 is 11.5 Å². The molecular weight excluding hydrogens is 336 g/mol. The largest absolute Gasteiger partial charge is 0.432 e. The summed E-state index contributed by atoms with van der Waals surface area (Å²) in [6.07, 6.45) is 4.96. The molecule has 1 atom stereocenters. The van der Waals surface area contributed by atoms with Crippen molar-refractivity contribution in [3.8, 4) is 5.75 Å². The van der Waals surface area contributed by atoms with Crippen molar-refractivity contribution in [1.29, 1.82) is 0 Å².